The molecule has 3 rings (SSSR count). The molecule has 6 nitrogen and oxygen atoms in total. The Labute approximate surface area is 148 Å². The molecule has 0 unspecified atom stereocenters. The molecule has 0 fully saturated rings. The zero-order valence-corrected chi connectivity index (χ0v) is 14.1. The highest BCUT2D eigenvalue weighted by Crippen LogP contribution is 2.30. The van der Waals surface area contributed by atoms with Gasteiger partial charge < -0.3 is 20.1 Å². The minimum Gasteiger partial charge on any atom is -0.497 e. The van der Waals surface area contributed by atoms with Gasteiger partial charge >= 0.3 is 0 Å². The lowest BCUT2D eigenvalue weighted by Gasteiger charge is -2.12. The van der Waals surface area contributed by atoms with Crippen LogP contribution in [0.15, 0.2) is 48.7 Å². The lowest BCUT2D eigenvalue weighted by Crippen LogP contribution is -2.02. The summed E-state index contributed by atoms with van der Waals surface area (Å²) in [6, 6.07) is 10.4. The Kier molecular flexibility index (Phi) is 5.12. The maximum Gasteiger partial charge on any atom is 0.229 e. The number of rotatable bonds is 6. The van der Waals surface area contributed by atoms with Crippen molar-refractivity contribution in [2.75, 3.05) is 24.9 Å². The molecular weight excluding hydrogens is 342 g/mol. The second-order valence-corrected chi connectivity index (χ2v) is 5.21. The summed E-state index contributed by atoms with van der Waals surface area (Å²) in [6.07, 6.45) is 1.54. The van der Waals surface area contributed by atoms with Crippen LogP contribution in [0.4, 0.5) is 31.9 Å². The van der Waals surface area contributed by atoms with Crippen molar-refractivity contribution in [1.82, 2.24) is 9.97 Å². The lowest BCUT2D eigenvalue weighted by atomic mass is 10.2. The summed E-state index contributed by atoms with van der Waals surface area (Å²) in [6.45, 7) is 0. The number of hydrogen-bond donors (Lipinski definition) is 2. The fourth-order valence-corrected chi connectivity index (χ4v) is 2.23. The Hall–Kier alpha value is -3.42. The van der Waals surface area contributed by atoms with Crippen LogP contribution >= 0.6 is 0 Å². The SMILES string of the molecule is COc1ccc(Nc2nccc(Nc3ccc(F)c(F)c3)n2)c(OC)c1. The zero-order valence-electron chi connectivity index (χ0n) is 14.1. The summed E-state index contributed by atoms with van der Waals surface area (Å²) in [4.78, 5) is 8.44. The van der Waals surface area contributed by atoms with Gasteiger partial charge in [0, 0.05) is 24.0 Å². The number of hydrogen-bond acceptors (Lipinski definition) is 6. The molecular formula is C18H16F2N4O2. The van der Waals surface area contributed by atoms with Crippen molar-refractivity contribution in [3.05, 3.63) is 60.3 Å². The number of ether oxygens (including phenoxy) is 2. The standard InChI is InChI=1S/C18H16F2N4O2/c1-25-12-4-6-15(16(10-12)26-2)23-18-21-8-7-17(24-18)22-11-3-5-13(19)14(20)9-11/h3-10H,1-2H3,(H2,21,22,23,24). The van der Waals surface area contributed by atoms with E-state index < -0.39 is 11.6 Å². The summed E-state index contributed by atoms with van der Waals surface area (Å²) < 4.78 is 36.8. The van der Waals surface area contributed by atoms with E-state index in [1.807, 2.05) is 0 Å². The summed E-state index contributed by atoms with van der Waals surface area (Å²) in [7, 11) is 3.11. The van der Waals surface area contributed by atoms with Crippen molar-refractivity contribution >= 4 is 23.1 Å². The quantitative estimate of drug-likeness (QED) is 0.686. The van der Waals surface area contributed by atoms with Crippen LogP contribution in [0.2, 0.25) is 0 Å². The Balaban J connectivity index is 1.80. The van der Waals surface area contributed by atoms with E-state index in [2.05, 4.69) is 20.6 Å². The molecule has 0 spiro atoms. The van der Waals surface area contributed by atoms with E-state index in [0.717, 1.165) is 12.1 Å². The number of halogens is 2. The molecule has 26 heavy (non-hydrogen) atoms. The first-order valence-electron chi connectivity index (χ1n) is 7.63. The molecule has 0 aliphatic heterocycles. The number of nitrogens with one attached hydrogen (secondary N) is 2. The largest absolute Gasteiger partial charge is 0.497 e. The van der Waals surface area contributed by atoms with Crippen LogP contribution in [0.25, 0.3) is 0 Å². The number of anilines is 4. The van der Waals surface area contributed by atoms with Crippen LogP contribution in [0, 0.1) is 11.6 Å². The molecule has 3 aromatic rings. The monoisotopic (exact) mass is 358 g/mol. The van der Waals surface area contributed by atoms with Crippen molar-refractivity contribution in [3.8, 4) is 11.5 Å². The molecule has 2 aromatic carbocycles. The molecule has 0 aliphatic rings. The minimum absolute atomic E-state index is 0.307. The molecule has 0 bridgehead atoms. The summed E-state index contributed by atoms with van der Waals surface area (Å²) >= 11 is 0. The Morgan fingerprint density at radius 1 is 0.885 bits per heavy atom. The van der Waals surface area contributed by atoms with Gasteiger partial charge in [-0.25, -0.2) is 13.8 Å². The van der Waals surface area contributed by atoms with E-state index in [1.54, 1.807) is 38.5 Å². The van der Waals surface area contributed by atoms with Gasteiger partial charge in [0.25, 0.3) is 0 Å². The first-order valence-corrected chi connectivity index (χ1v) is 7.63. The van der Waals surface area contributed by atoms with Crippen molar-refractivity contribution in [2.45, 2.75) is 0 Å². The third-order valence-electron chi connectivity index (χ3n) is 3.50. The van der Waals surface area contributed by atoms with E-state index in [-0.39, 0.29) is 0 Å². The van der Waals surface area contributed by atoms with Gasteiger partial charge in [0.05, 0.1) is 19.9 Å². The highest BCUT2D eigenvalue weighted by molar-refractivity contribution is 5.65. The Bertz CT molecular complexity index is 921. The molecule has 134 valence electrons. The van der Waals surface area contributed by atoms with Crippen LogP contribution in [0.5, 0.6) is 11.5 Å². The smallest absolute Gasteiger partial charge is 0.229 e. The Morgan fingerprint density at radius 3 is 2.46 bits per heavy atom. The van der Waals surface area contributed by atoms with E-state index in [0.29, 0.717) is 34.6 Å². The number of benzene rings is 2. The van der Waals surface area contributed by atoms with Crippen molar-refractivity contribution in [1.29, 1.82) is 0 Å². The molecule has 0 saturated carbocycles. The van der Waals surface area contributed by atoms with E-state index in [1.165, 1.54) is 12.3 Å². The second-order valence-electron chi connectivity index (χ2n) is 5.21. The second kappa shape index (κ2) is 7.64. The van der Waals surface area contributed by atoms with Crippen LogP contribution in [0.1, 0.15) is 0 Å². The maximum atomic E-state index is 13.3. The van der Waals surface area contributed by atoms with E-state index in [4.69, 9.17) is 9.47 Å². The molecule has 0 amide bonds. The predicted octanol–water partition coefficient (Wildman–Crippen LogP) is 4.26. The molecule has 2 N–H and O–H groups in total. The molecule has 1 heterocycles. The normalized spacial score (nSPS) is 10.3. The third kappa shape index (κ3) is 3.97. The predicted molar refractivity (Wildman–Crippen MR) is 94.5 cm³/mol. The third-order valence-corrected chi connectivity index (χ3v) is 3.50. The van der Waals surface area contributed by atoms with E-state index in [9.17, 15) is 8.78 Å². The fourth-order valence-electron chi connectivity index (χ4n) is 2.23. The van der Waals surface area contributed by atoms with Gasteiger partial charge in [0.2, 0.25) is 5.95 Å². The average molecular weight is 358 g/mol. The molecule has 0 atom stereocenters. The van der Waals surface area contributed by atoms with Gasteiger partial charge in [-0.1, -0.05) is 0 Å². The first kappa shape index (κ1) is 17.4. The zero-order chi connectivity index (χ0) is 18.5. The Morgan fingerprint density at radius 2 is 1.73 bits per heavy atom. The lowest BCUT2D eigenvalue weighted by molar-refractivity contribution is 0.395. The van der Waals surface area contributed by atoms with Crippen LogP contribution in [-0.2, 0) is 0 Å². The highest BCUT2D eigenvalue weighted by Gasteiger charge is 2.08. The van der Waals surface area contributed by atoms with Crippen molar-refractivity contribution < 1.29 is 18.3 Å². The molecule has 8 heteroatoms. The molecule has 0 radical (unpaired) electrons. The van der Waals surface area contributed by atoms with Gasteiger partial charge in [-0.3, -0.25) is 0 Å². The molecule has 0 aliphatic carbocycles. The van der Waals surface area contributed by atoms with Gasteiger partial charge in [-0.15, -0.1) is 0 Å². The van der Waals surface area contributed by atoms with Crippen molar-refractivity contribution in [3.63, 3.8) is 0 Å². The van der Waals surface area contributed by atoms with Crippen molar-refractivity contribution in [2.24, 2.45) is 0 Å². The van der Waals surface area contributed by atoms with Gasteiger partial charge in [-0.05, 0) is 30.3 Å². The van der Waals surface area contributed by atoms with Crippen LogP contribution < -0.4 is 20.1 Å². The molecule has 0 saturated heterocycles. The minimum atomic E-state index is -0.939. The molecule has 1 aromatic heterocycles. The highest BCUT2D eigenvalue weighted by atomic mass is 19.2. The van der Waals surface area contributed by atoms with Crippen LogP contribution in [-0.4, -0.2) is 24.2 Å². The van der Waals surface area contributed by atoms with Gasteiger partial charge in [-0.2, -0.15) is 4.98 Å². The topological polar surface area (TPSA) is 68.3 Å². The summed E-state index contributed by atoms with van der Waals surface area (Å²) in [5.74, 6) is 0.0913. The fraction of sp³-hybridized carbons (Fsp3) is 0.111. The summed E-state index contributed by atoms with van der Waals surface area (Å²) in [5.41, 5.74) is 1.02. The maximum absolute atomic E-state index is 13.3. The average Bonchev–Trinajstić information content (AvgIpc) is 2.65. The van der Waals surface area contributed by atoms with Gasteiger partial charge in [0.1, 0.15) is 17.3 Å². The van der Waals surface area contributed by atoms with E-state index >= 15 is 0 Å². The van der Waals surface area contributed by atoms with Gasteiger partial charge in [0.15, 0.2) is 11.6 Å². The number of aromatic nitrogens is 2. The van der Waals surface area contributed by atoms with Crippen LogP contribution in [0.3, 0.4) is 0 Å². The number of methoxy groups -OCH3 is 2. The summed E-state index contributed by atoms with van der Waals surface area (Å²) in [5, 5.41) is 5.94. The number of nitrogens with zero attached hydrogens (tertiary/aromatic N) is 2. The first-order chi connectivity index (χ1) is 12.6.